The molecular formula is C15H20N2O2. The third-order valence-electron chi connectivity index (χ3n) is 3.77. The molecule has 0 radical (unpaired) electrons. The quantitative estimate of drug-likeness (QED) is 0.838. The fourth-order valence-electron chi connectivity index (χ4n) is 2.95. The lowest BCUT2D eigenvalue weighted by molar-refractivity contribution is -0.0586. The van der Waals surface area contributed by atoms with Gasteiger partial charge in [0.1, 0.15) is 0 Å². The van der Waals surface area contributed by atoms with Crippen molar-refractivity contribution >= 4 is 11.6 Å². The Kier molecular flexibility index (Phi) is 3.19. The molecule has 4 heteroatoms. The molecule has 1 aromatic carbocycles. The Bertz CT molecular complexity index is 491. The maximum atomic E-state index is 12.5. The molecule has 2 heterocycles. The standard InChI is InChI=1S/C15H20N2O2/c1-10-8-17(9-11(2)19-10)15(18)13-4-3-12-5-6-16-14(12)7-13/h3-4,7,10-11,16H,5-6,8-9H2,1-2H3. The highest BCUT2D eigenvalue weighted by Crippen LogP contribution is 2.24. The van der Waals surface area contributed by atoms with E-state index in [1.807, 2.05) is 30.9 Å². The Hall–Kier alpha value is -1.55. The van der Waals surface area contributed by atoms with Crippen molar-refractivity contribution in [1.82, 2.24) is 4.90 Å². The molecule has 0 bridgehead atoms. The molecule has 102 valence electrons. The molecule has 2 aliphatic rings. The first-order valence-electron chi connectivity index (χ1n) is 6.95. The summed E-state index contributed by atoms with van der Waals surface area (Å²) in [7, 11) is 0. The number of anilines is 1. The zero-order chi connectivity index (χ0) is 13.4. The van der Waals surface area contributed by atoms with E-state index >= 15 is 0 Å². The molecule has 1 saturated heterocycles. The molecule has 2 atom stereocenters. The minimum absolute atomic E-state index is 0.110. The zero-order valence-electron chi connectivity index (χ0n) is 11.5. The Balaban J connectivity index is 1.80. The van der Waals surface area contributed by atoms with Crippen LogP contribution in [-0.2, 0) is 11.2 Å². The minimum Gasteiger partial charge on any atom is -0.384 e. The molecule has 0 aliphatic carbocycles. The topological polar surface area (TPSA) is 41.6 Å². The number of fused-ring (bicyclic) bond motifs is 1. The predicted octanol–water partition coefficient (Wildman–Crippen LogP) is 1.90. The molecule has 3 rings (SSSR count). The second-order valence-electron chi connectivity index (χ2n) is 5.52. The van der Waals surface area contributed by atoms with Crippen LogP contribution in [0.4, 0.5) is 5.69 Å². The minimum atomic E-state index is 0.110. The Morgan fingerprint density at radius 1 is 1.32 bits per heavy atom. The van der Waals surface area contributed by atoms with E-state index in [-0.39, 0.29) is 18.1 Å². The first-order valence-corrected chi connectivity index (χ1v) is 6.95. The van der Waals surface area contributed by atoms with Gasteiger partial charge in [-0.3, -0.25) is 4.79 Å². The molecule has 2 aliphatic heterocycles. The van der Waals surface area contributed by atoms with Crippen molar-refractivity contribution < 1.29 is 9.53 Å². The van der Waals surface area contributed by atoms with Gasteiger partial charge in [-0.15, -0.1) is 0 Å². The fourth-order valence-corrected chi connectivity index (χ4v) is 2.95. The third kappa shape index (κ3) is 2.45. The van der Waals surface area contributed by atoms with Crippen LogP contribution >= 0.6 is 0 Å². The number of carbonyl (C=O) groups excluding carboxylic acids is 1. The molecule has 4 nitrogen and oxygen atoms in total. The smallest absolute Gasteiger partial charge is 0.254 e. The zero-order valence-corrected chi connectivity index (χ0v) is 11.5. The summed E-state index contributed by atoms with van der Waals surface area (Å²) in [6.07, 6.45) is 1.27. The molecule has 1 fully saturated rings. The van der Waals surface area contributed by atoms with Crippen LogP contribution in [0, 0.1) is 0 Å². The van der Waals surface area contributed by atoms with Crippen LogP contribution in [0.3, 0.4) is 0 Å². The maximum Gasteiger partial charge on any atom is 0.254 e. The molecule has 1 amide bonds. The number of hydrogen-bond donors (Lipinski definition) is 1. The lowest BCUT2D eigenvalue weighted by Crippen LogP contribution is -2.48. The highest BCUT2D eigenvalue weighted by Gasteiger charge is 2.27. The Morgan fingerprint density at radius 3 is 2.79 bits per heavy atom. The molecule has 19 heavy (non-hydrogen) atoms. The highest BCUT2D eigenvalue weighted by atomic mass is 16.5. The van der Waals surface area contributed by atoms with E-state index in [9.17, 15) is 4.79 Å². The number of nitrogens with zero attached hydrogens (tertiary/aromatic N) is 1. The van der Waals surface area contributed by atoms with Crippen molar-refractivity contribution in [3.63, 3.8) is 0 Å². The Labute approximate surface area is 113 Å². The van der Waals surface area contributed by atoms with E-state index in [4.69, 9.17) is 4.74 Å². The van der Waals surface area contributed by atoms with Crippen LogP contribution in [0.15, 0.2) is 18.2 Å². The highest BCUT2D eigenvalue weighted by molar-refractivity contribution is 5.95. The normalized spacial score (nSPS) is 25.9. The van der Waals surface area contributed by atoms with Gasteiger partial charge in [-0.2, -0.15) is 0 Å². The first-order chi connectivity index (χ1) is 9.13. The van der Waals surface area contributed by atoms with Gasteiger partial charge < -0.3 is 15.0 Å². The molecule has 2 unspecified atom stereocenters. The maximum absolute atomic E-state index is 12.5. The van der Waals surface area contributed by atoms with Gasteiger partial charge in [0.25, 0.3) is 5.91 Å². The van der Waals surface area contributed by atoms with E-state index < -0.39 is 0 Å². The number of hydrogen-bond acceptors (Lipinski definition) is 3. The lowest BCUT2D eigenvalue weighted by atomic mass is 10.1. The molecule has 0 saturated carbocycles. The fraction of sp³-hybridized carbons (Fsp3) is 0.533. The predicted molar refractivity (Wildman–Crippen MR) is 74.5 cm³/mol. The summed E-state index contributed by atoms with van der Waals surface area (Å²) in [6.45, 7) is 6.35. The number of ether oxygens (including phenoxy) is 1. The summed E-state index contributed by atoms with van der Waals surface area (Å²) in [5.74, 6) is 0.110. The van der Waals surface area contributed by atoms with Gasteiger partial charge in [-0.25, -0.2) is 0 Å². The van der Waals surface area contributed by atoms with E-state index in [0.717, 1.165) is 24.2 Å². The van der Waals surface area contributed by atoms with Gasteiger partial charge in [-0.1, -0.05) is 6.07 Å². The van der Waals surface area contributed by atoms with Crippen molar-refractivity contribution in [3.8, 4) is 0 Å². The van der Waals surface area contributed by atoms with Crippen LogP contribution in [-0.4, -0.2) is 42.6 Å². The summed E-state index contributed by atoms with van der Waals surface area (Å²) in [6, 6.07) is 5.99. The molecular weight excluding hydrogens is 240 g/mol. The average Bonchev–Trinajstić information content (AvgIpc) is 2.83. The van der Waals surface area contributed by atoms with Crippen LogP contribution in [0.2, 0.25) is 0 Å². The van der Waals surface area contributed by atoms with Crippen LogP contribution < -0.4 is 5.32 Å². The molecule has 0 aromatic heterocycles. The largest absolute Gasteiger partial charge is 0.384 e. The van der Waals surface area contributed by atoms with Gasteiger partial charge in [-0.05, 0) is 38.0 Å². The summed E-state index contributed by atoms with van der Waals surface area (Å²) in [5, 5.41) is 3.32. The number of carbonyl (C=O) groups is 1. The SMILES string of the molecule is CC1CN(C(=O)c2ccc3c(c2)NCC3)CC(C)O1. The summed E-state index contributed by atoms with van der Waals surface area (Å²) in [5.41, 5.74) is 3.19. The summed E-state index contributed by atoms with van der Waals surface area (Å²) in [4.78, 5) is 14.4. The first kappa shape index (κ1) is 12.5. The van der Waals surface area contributed by atoms with Gasteiger partial charge in [0.05, 0.1) is 12.2 Å². The van der Waals surface area contributed by atoms with Gasteiger partial charge >= 0.3 is 0 Å². The number of nitrogens with one attached hydrogen (secondary N) is 1. The van der Waals surface area contributed by atoms with Gasteiger partial charge in [0, 0.05) is 30.9 Å². The summed E-state index contributed by atoms with van der Waals surface area (Å²) < 4.78 is 5.67. The van der Waals surface area contributed by atoms with Crippen molar-refractivity contribution in [3.05, 3.63) is 29.3 Å². The van der Waals surface area contributed by atoms with Gasteiger partial charge in [0.15, 0.2) is 0 Å². The van der Waals surface area contributed by atoms with E-state index in [1.54, 1.807) is 0 Å². The van der Waals surface area contributed by atoms with E-state index in [2.05, 4.69) is 11.4 Å². The second-order valence-corrected chi connectivity index (χ2v) is 5.52. The average molecular weight is 260 g/mol. The second kappa shape index (κ2) is 4.85. The van der Waals surface area contributed by atoms with Crippen LogP contribution in [0.5, 0.6) is 0 Å². The molecule has 0 spiro atoms. The van der Waals surface area contributed by atoms with E-state index in [1.165, 1.54) is 5.56 Å². The van der Waals surface area contributed by atoms with Crippen molar-refractivity contribution in [2.24, 2.45) is 0 Å². The number of morpholine rings is 1. The summed E-state index contributed by atoms with van der Waals surface area (Å²) >= 11 is 0. The molecule has 1 aromatic rings. The number of rotatable bonds is 1. The number of amides is 1. The van der Waals surface area contributed by atoms with Crippen molar-refractivity contribution in [1.29, 1.82) is 0 Å². The van der Waals surface area contributed by atoms with Crippen molar-refractivity contribution in [2.45, 2.75) is 32.5 Å². The number of benzene rings is 1. The van der Waals surface area contributed by atoms with Crippen LogP contribution in [0.25, 0.3) is 0 Å². The van der Waals surface area contributed by atoms with Gasteiger partial charge in [0.2, 0.25) is 0 Å². The van der Waals surface area contributed by atoms with Crippen LogP contribution in [0.1, 0.15) is 29.8 Å². The Morgan fingerprint density at radius 2 is 2.05 bits per heavy atom. The van der Waals surface area contributed by atoms with Crippen molar-refractivity contribution in [2.75, 3.05) is 25.0 Å². The lowest BCUT2D eigenvalue weighted by Gasteiger charge is -2.35. The monoisotopic (exact) mass is 260 g/mol. The van der Waals surface area contributed by atoms with E-state index in [0.29, 0.717) is 13.1 Å². The third-order valence-corrected chi connectivity index (χ3v) is 3.77. The molecule has 1 N–H and O–H groups in total.